The van der Waals surface area contributed by atoms with Gasteiger partial charge in [0.25, 0.3) is 0 Å². The van der Waals surface area contributed by atoms with Gasteiger partial charge in [-0.3, -0.25) is 4.79 Å². The Morgan fingerprint density at radius 1 is 1.38 bits per heavy atom. The Bertz CT molecular complexity index is 322. The molecule has 1 aromatic rings. The zero-order chi connectivity index (χ0) is 9.10. The summed E-state index contributed by atoms with van der Waals surface area (Å²) in [4.78, 5) is 12.7. The van der Waals surface area contributed by atoms with E-state index in [1.165, 1.54) is 24.2 Å². The molecule has 0 N–H and O–H groups in total. The molecule has 68 valence electrons. The maximum absolute atomic E-state index is 11.8. The summed E-state index contributed by atoms with van der Waals surface area (Å²) in [7, 11) is 0. The topological polar surface area (TPSA) is 17.1 Å². The zero-order valence-electron chi connectivity index (χ0n) is 7.45. The van der Waals surface area contributed by atoms with Gasteiger partial charge in [0.05, 0.1) is 4.88 Å². The fourth-order valence-electron chi connectivity index (χ4n) is 1.61. The van der Waals surface area contributed by atoms with Gasteiger partial charge in [0.1, 0.15) is 0 Å². The van der Waals surface area contributed by atoms with E-state index in [1.807, 2.05) is 17.5 Å². The van der Waals surface area contributed by atoms with Gasteiger partial charge >= 0.3 is 0 Å². The highest BCUT2D eigenvalue weighted by atomic mass is 32.1. The van der Waals surface area contributed by atoms with Crippen molar-refractivity contribution in [3.05, 3.63) is 34.0 Å². The molecule has 2 rings (SSSR count). The lowest BCUT2D eigenvalue weighted by Gasteiger charge is -2.09. The molecule has 1 heterocycles. The van der Waals surface area contributed by atoms with E-state index in [4.69, 9.17) is 0 Å². The molecule has 0 aromatic carbocycles. The van der Waals surface area contributed by atoms with Crippen molar-refractivity contribution in [2.75, 3.05) is 0 Å². The third kappa shape index (κ3) is 1.89. The van der Waals surface area contributed by atoms with Crippen LogP contribution in [0.3, 0.4) is 0 Å². The van der Waals surface area contributed by atoms with Crippen molar-refractivity contribution in [1.29, 1.82) is 0 Å². The molecule has 0 radical (unpaired) electrons. The second-order valence-electron chi connectivity index (χ2n) is 3.28. The van der Waals surface area contributed by atoms with Crippen molar-refractivity contribution in [2.24, 2.45) is 0 Å². The third-order valence-electron chi connectivity index (χ3n) is 2.33. The minimum atomic E-state index is 0.245. The molecule has 0 unspecified atom stereocenters. The lowest BCUT2D eigenvalue weighted by atomic mass is 9.96. The van der Waals surface area contributed by atoms with Crippen LogP contribution in [-0.2, 0) is 0 Å². The molecule has 1 aliphatic rings. The first-order valence-corrected chi connectivity index (χ1v) is 5.53. The number of allylic oxidation sites excluding steroid dienone is 2. The highest BCUT2D eigenvalue weighted by molar-refractivity contribution is 7.12. The zero-order valence-corrected chi connectivity index (χ0v) is 8.27. The van der Waals surface area contributed by atoms with Crippen LogP contribution in [0.25, 0.3) is 0 Å². The standard InChI is InChI=1S/C11H12OS/c12-11(10-7-4-8-13-10)9-5-2-1-3-6-9/h4-5,7-8H,1-3,6H2. The van der Waals surface area contributed by atoms with Crippen LogP contribution in [0.2, 0.25) is 0 Å². The Kier molecular flexibility index (Phi) is 2.60. The molecule has 0 fully saturated rings. The van der Waals surface area contributed by atoms with Crippen LogP contribution in [0.5, 0.6) is 0 Å². The number of hydrogen-bond donors (Lipinski definition) is 0. The van der Waals surface area contributed by atoms with Gasteiger partial charge in [-0.25, -0.2) is 0 Å². The van der Waals surface area contributed by atoms with Crippen LogP contribution in [-0.4, -0.2) is 5.78 Å². The predicted octanol–water partition coefficient (Wildman–Crippen LogP) is 3.43. The average molecular weight is 192 g/mol. The number of Topliss-reactive ketones (excluding diaryl/α,β-unsaturated/α-hetero) is 1. The van der Waals surface area contributed by atoms with Gasteiger partial charge in [-0.05, 0) is 42.7 Å². The first-order valence-electron chi connectivity index (χ1n) is 4.65. The van der Waals surface area contributed by atoms with Crippen LogP contribution < -0.4 is 0 Å². The second-order valence-corrected chi connectivity index (χ2v) is 4.23. The number of rotatable bonds is 2. The van der Waals surface area contributed by atoms with Crippen LogP contribution in [0.15, 0.2) is 29.2 Å². The molecule has 0 atom stereocenters. The lowest BCUT2D eigenvalue weighted by Crippen LogP contribution is -2.04. The number of hydrogen-bond acceptors (Lipinski definition) is 2. The summed E-state index contributed by atoms with van der Waals surface area (Å²) in [5, 5.41) is 1.95. The van der Waals surface area contributed by atoms with Gasteiger partial charge < -0.3 is 0 Å². The van der Waals surface area contributed by atoms with Crippen molar-refractivity contribution in [2.45, 2.75) is 25.7 Å². The third-order valence-corrected chi connectivity index (χ3v) is 3.20. The van der Waals surface area contributed by atoms with Gasteiger partial charge in [0, 0.05) is 0 Å². The van der Waals surface area contributed by atoms with E-state index in [9.17, 15) is 4.79 Å². The molecule has 2 heteroatoms. The fraction of sp³-hybridized carbons (Fsp3) is 0.364. The van der Waals surface area contributed by atoms with Gasteiger partial charge in [-0.1, -0.05) is 12.1 Å². The summed E-state index contributed by atoms with van der Waals surface area (Å²) in [5.74, 6) is 0.245. The Hall–Kier alpha value is -0.890. The maximum atomic E-state index is 11.8. The van der Waals surface area contributed by atoms with E-state index in [0.717, 1.165) is 23.3 Å². The fourth-order valence-corrected chi connectivity index (χ4v) is 2.31. The summed E-state index contributed by atoms with van der Waals surface area (Å²) < 4.78 is 0. The van der Waals surface area contributed by atoms with Crippen molar-refractivity contribution < 1.29 is 4.79 Å². The van der Waals surface area contributed by atoms with E-state index in [0.29, 0.717) is 0 Å². The van der Waals surface area contributed by atoms with Crippen molar-refractivity contribution >= 4 is 17.1 Å². The molecule has 13 heavy (non-hydrogen) atoms. The highest BCUT2D eigenvalue weighted by Gasteiger charge is 2.14. The maximum Gasteiger partial charge on any atom is 0.198 e. The van der Waals surface area contributed by atoms with Crippen molar-refractivity contribution in [1.82, 2.24) is 0 Å². The summed E-state index contributed by atoms with van der Waals surface area (Å²) >= 11 is 1.53. The monoisotopic (exact) mass is 192 g/mol. The normalized spacial score (nSPS) is 16.8. The van der Waals surface area contributed by atoms with Gasteiger partial charge in [0.2, 0.25) is 0 Å². The predicted molar refractivity (Wildman–Crippen MR) is 55.2 cm³/mol. The second kappa shape index (κ2) is 3.88. The number of carbonyl (C=O) groups is 1. The quantitative estimate of drug-likeness (QED) is 0.656. The largest absolute Gasteiger partial charge is 0.288 e. The summed E-state index contributed by atoms with van der Waals surface area (Å²) in [5.41, 5.74) is 1.02. The Balaban J connectivity index is 2.17. The smallest absolute Gasteiger partial charge is 0.198 e. The van der Waals surface area contributed by atoms with E-state index >= 15 is 0 Å². The summed E-state index contributed by atoms with van der Waals surface area (Å²) in [6.07, 6.45) is 6.55. The van der Waals surface area contributed by atoms with E-state index in [1.54, 1.807) is 0 Å². The van der Waals surface area contributed by atoms with Crippen LogP contribution in [0, 0.1) is 0 Å². The van der Waals surface area contributed by atoms with Crippen LogP contribution in [0.1, 0.15) is 35.4 Å². The lowest BCUT2D eigenvalue weighted by molar-refractivity contribution is 0.103. The summed E-state index contributed by atoms with van der Waals surface area (Å²) in [6.45, 7) is 0. The first-order chi connectivity index (χ1) is 6.38. The molecule has 0 saturated carbocycles. The molecule has 0 bridgehead atoms. The Morgan fingerprint density at radius 3 is 2.92 bits per heavy atom. The number of thiophene rings is 1. The van der Waals surface area contributed by atoms with Crippen LogP contribution in [0.4, 0.5) is 0 Å². The van der Waals surface area contributed by atoms with Gasteiger partial charge in [-0.15, -0.1) is 11.3 Å². The van der Waals surface area contributed by atoms with Gasteiger partial charge in [-0.2, -0.15) is 0 Å². The molecule has 1 nitrogen and oxygen atoms in total. The van der Waals surface area contributed by atoms with Crippen molar-refractivity contribution in [3.8, 4) is 0 Å². The molecule has 1 aliphatic carbocycles. The van der Waals surface area contributed by atoms with Crippen molar-refractivity contribution in [3.63, 3.8) is 0 Å². The number of ketones is 1. The molecular formula is C11H12OS. The molecule has 0 saturated heterocycles. The minimum Gasteiger partial charge on any atom is -0.288 e. The van der Waals surface area contributed by atoms with E-state index in [2.05, 4.69) is 6.08 Å². The molecule has 0 aliphatic heterocycles. The molecule has 1 aromatic heterocycles. The minimum absolute atomic E-state index is 0.245. The first kappa shape index (κ1) is 8.70. The Morgan fingerprint density at radius 2 is 2.31 bits per heavy atom. The average Bonchev–Trinajstić information content (AvgIpc) is 2.71. The molecular weight excluding hydrogens is 180 g/mol. The Labute approximate surface area is 82.1 Å². The SMILES string of the molecule is O=C(C1=CCCCC1)c1cccs1. The highest BCUT2D eigenvalue weighted by Crippen LogP contribution is 2.22. The summed E-state index contributed by atoms with van der Waals surface area (Å²) in [6, 6.07) is 3.84. The number of carbonyl (C=O) groups excluding carboxylic acids is 1. The van der Waals surface area contributed by atoms with Crippen LogP contribution >= 0.6 is 11.3 Å². The molecule has 0 spiro atoms. The van der Waals surface area contributed by atoms with E-state index in [-0.39, 0.29) is 5.78 Å². The molecule has 0 amide bonds. The van der Waals surface area contributed by atoms with Gasteiger partial charge in [0.15, 0.2) is 5.78 Å². The van der Waals surface area contributed by atoms with E-state index < -0.39 is 0 Å².